The Morgan fingerprint density at radius 2 is 2.09 bits per heavy atom. The molecule has 0 aromatic heterocycles. The molecule has 1 aromatic rings. The fourth-order valence-electron chi connectivity index (χ4n) is 2.90. The Morgan fingerprint density at radius 3 is 2.77 bits per heavy atom. The number of rotatable bonds is 4. The summed E-state index contributed by atoms with van der Waals surface area (Å²) in [6.45, 7) is 2.14. The van der Waals surface area contributed by atoms with Gasteiger partial charge in [0.15, 0.2) is 0 Å². The summed E-state index contributed by atoms with van der Waals surface area (Å²) in [4.78, 5) is 22.7. The highest BCUT2D eigenvalue weighted by Crippen LogP contribution is 2.28. The van der Waals surface area contributed by atoms with Gasteiger partial charge in [-0.2, -0.15) is 0 Å². The summed E-state index contributed by atoms with van der Waals surface area (Å²) in [7, 11) is 0. The number of hydrogen-bond acceptors (Lipinski definition) is 3. The molecule has 6 nitrogen and oxygen atoms in total. The van der Waals surface area contributed by atoms with Crippen LogP contribution in [0.15, 0.2) is 30.3 Å². The van der Waals surface area contributed by atoms with Gasteiger partial charge < -0.3 is 20.5 Å². The standard InChI is InChI=1S/C16H22N2O4/c1-16(9-5-8-13(10-16)17-14(19)20)18-15(21)22-11-12-6-3-2-4-7-12/h2-4,6-7,13,17H,5,8-11H2,1H3,(H,18,21)(H,19,20)/t13?,16-/m0/s1. The number of carbonyl (C=O) groups is 2. The zero-order valence-electron chi connectivity index (χ0n) is 12.7. The molecule has 0 radical (unpaired) electrons. The smallest absolute Gasteiger partial charge is 0.407 e. The third kappa shape index (κ3) is 4.95. The molecule has 1 unspecified atom stereocenters. The van der Waals surface area contributed by atoms with Crippen molar-refractivity contribution in [2.45, 2.75) is 50.8 Å². The Balaban J connectivity index is 1.82. The molecule has 0 bridgehead atoms. The van der Waals surface area contributed by atoms with Crippen LogP contribution in [0.1, 0.15) is 38.2 Å². The molecular weight excluding hydrogens is 284 g/mol. The second-order valence-electron chi connectivity index (χ2n) is 5.99. The van der Waals surface area contributed by atoms with Crippen LogP contribution in [-0.2, 0) is 11.3 Å². The van der Waals surface area contributed by atoms with Gasteiger partial charge in [0, 0.05) is 11.6 Å². The summed E-state index contributed by atoms with van der Waals surface area (Å²) < 4.78 is 5.23. The summed E-state index contributed by atoms with van der Waals surface area (Å²) in [5, 5.41) is 14.2. The highest BCUT2D eigenvalue weighted by Gasteiger charge is 2.34. The zero-order valence-corrected chi connectivity index (χ0v) is 12.7. The lowest BCUT2D eigenvalue weighted by molar-refractivity contribution is 0.116. The molecule has 1 aromatic carbocycles. The molecule has 2 amide bonds. The van der Waals surface area contributed by atoms with E-state index in [1.54, 1.807) is 0 Å². The number of ether oxygens (including phenoxy) is 1. The SMILES string of the molecule is C[C@]1(NC(=O)OCc2ccccc2)CCCC(NC(=O)O)C1. The van der Waals surface area contributed by atoms with Crippen molar-refractivity contribution >= 4 is 12.2 Å². The second kappa shape index (κ2) is 7.15. The van der Waals surface area contributed by atoms with Crippen molar-refractivity contribution in [3.05, 3.63) is 35.9 Å². The normalized spacial score (nSPS) is 24.3. The van der Waals surface area contributed by atoms with E-state index >= 15 is 0 Å². The van der Waals surface area contributed by atoms with Crippen molar-refractivity contribution in [1.82, 2.24) is 10.6 Å². The lowest BCUT2D eigenvalue weighted by Gasteiger charge is -2.38. The Kier molecular flexibility index (Phi) is 5.25. The molecule has 0 aliphatic heterocycles. The largest absolute Gasteiger partial charge is 0.465 e. The molecule has 2 atom stereocenters. The van der Waals surface area contributed by atoms with Crippen LogP contribution in [0.5, 0.6) is 0 Å². The molecule has 0 heterocycles. The molecule has 0 saturated heterocycles. The maximum absolute atomic E-state index is 11.9. The van der Waals surface area contributed by atoms with Crippen LogP contribution >= 0.6 is 0 Å². The minimum absolute atomic E-state index is 0.134. The van der Waals surface area contributed by atoms with E-state index < -0.39 is 17.7 Å². The number of hydrogen-bond donors (Lipinski definition) is 3. The van der Waals surface area contributed by atoms with Gasteiger partial charge in [-0.3, -0.25) is 0 Å². The first-order valence-corrected chi connectivity index (χ1v) is 7.45. The van der Waals surface area contributed by atoms with Crippen molar-refractivity contribution in [2.24, 2.45) is 0 Å². The number of nitrogens with one attached hydrogen (secondary N) is 2. The fourth-order valence-corrected chi connectivity index (χ4v) is 2.90. The Morgan fingerprint density at radius 1 is 1.36 bits per heavy atom. The predicted octanol–water partition coefficient (Wildman–Crippen LogP) is 2.88. The van der Waals surface area contributed by atoms with E-state index in [2.05, 4.69) is 10.6 Å². The molecule has 1 fully saturated rings. The number of carbonyl (C=O) groups excluding carboxylic acids is 1. The number of carboxylic acid groups (broad SMARTS) is 1. The molecule has 0 spiro atoms. The van der Waals surface area contributed by atoms with E-state index in [0.717, 1.165) is 24.8 Å². The van der Waals surface area contributed by atoms with Crippen LogP contribution in [0.25, 0.3) is 0 Å². The number of alkyl carbamates (subject to hydrolysis) is 1. The number of amides is 2. The highest BCUT2D eigenvalue weighted by atomic mass is 16.5. The maximum Gasteiger partial charge on any atom is 0.407 e. The van der Waals surface area contributed by atoms with Crippen LogP contribution in [-0.4, -0.2) is 28.9 Å². The van der Waals surface area contributed by atoms with Crippen molar-refractivity contribution in [3.8, 4) is 0 Å². The maximum atomic E-state index is 11.9. The van der Waals surface area contributed by atoms with Gasteiger partial charge in [-0.05, 0) is 38.2 Å². The lowest BCUT2D eigenvalue weighted by Crippen LogP contribution is -2.53. The van der Waals surface area contributed by atoms with E-state index in [1.165, 1.54) is 0 Å². The lowest BCUT2D eigenvalue weighted by atomic mass is 9.80. The third-order valence-electron chi connectivity index (χ3n) is 3.92. The molecule has 22 heavy (non-hydrogen) atoms. The quantitative estimate of drug-likeness (QED) is 0.798. The molecule has 6 heteroatoms. The molecule has 120 valence electrons. The first-order chi connectivity index (χ1) is 10.5. The molecule has 3 N–H and O–H groups in total. The van der Waals surface area contributed by atoms with Gasteiger partial charge in [0.2, 0.25) is 0 Å². The van der Waals surface area contributed by atoms with Crippen molar-refractivity contribution in [1.29, 1.82) is 0 Å². The summed E-state index contributed by atoms with van der Waals surface area (Å²) in [6.07, 6.45) is 1.54. The summed E-state index contributed by atoms with van der Waals surface area (Å²) in [5.74, 6) is 0. The minimum atomic E-state index is -1.03. The van der Waals surface area contributed by atoms with Crippen LogP contribution in [0.3, 0.4) is 0 Å². The molecular formula is C16H22N2O4. The van der Waals surface area contributed by atoms with E-state index in [-0.39, 0.29) is 12.6 Å². The third-order valence-corrected chi connectivity index (χ3v) is 3.92. The van der Waals surface area contributed by atoms with E-state index in [0.29, 0.717) is 6.42 Å². The van der Waals surface area contributed by atoms with E-state index in [4.69, 9.17) is 9.84 Å². The van der Waals surface area contributed by atoms with Gasteiger partial charge in [-0.15, -0.1) is 0 Å². The Hall–Kier alpha value is -2.24. The van der Waals surface area contributed by atoms with E-state index in [1.807, 2.05) is 37.3 Å². The van der Waals surface area contributed by atoms with Crippen LogP contribution < -0.4 is 10.6 Å². The number of benzene rings is 1. The van der Waals surface area contributed by atoms with Gasteiger partial charge in [-0.1, -0.05) is 30.3 Å². The summed E-state index contributed by atoms with van der Waals surface area (Å²) in [5.41, 5.74) is 0.482. The Bertz CT molecular complexity index is 520. The predicted molar refractivity (Wildman–Crippen MR) is 81.6 cm³/mol. The summed E-state index contributed by atoms with van der Waals surface area (Å²) >= 11 is 0. The molecule has 1 aliphatic rings. The van der Waals surface area contributed by atoms with Crippen LogP contribution in [0, 0.1) is 0 Å². The molecule has 2 rings (SSSR count). The van der Waals surface area contributed by atoms with Crippen molar-refractivity contribution in [2.75, 3.05) is 0 Å². The first-order valence-electron chi connectivity index (χ1n) is 7.45. The highest BCUT2D eigenvalue weighted by molar-refractivity contribution is 5.68. The van der Waals surface area contributed by atoms with Crippen molar-refractivity contribution < 1.29 is 19.4 Å². The fraction of sp³-hybridized carbons (Fsp3) is 0.500. The molecule has 1 aliphatic carbocycles. The average molecular weight is 306 g/mol. The topological polar surface area (TPSA) is 87.7 Å². The minimum Gasteiger partial charge on any atom is -0.465 e. The molecule has 1 saturated carbocycles. The monoisotopic (exact) mass is 306 g/mol. The van der Waals surface area contributed by atoms with Gasteiger partial charge in [0.1, 0.15) is 6.61 Å². The second-order valence-corrected chi connectivity index (χ2v) is 5.99. The summed E-state index contributed by atoms with van der Waals surface area (Å²) in [6, 6.07) is 9.33. The van der Waals surface area contributed by atoms with E-state index in [9.17, 15) is 9.59 Å². The average Bonchev–Trinajstić information content (AvgIpc) is 2.45. The van der Waals surface area contributed by atoms with Gasteiger partial charge in [-0.25, -0.2) is 9.59 Å². The van der Waals surface area contributed by atoms with Gasteiger partial charge in [0.25, 0.3) is 0 Å². The van der Waals surface area contributed by atoms with Crippen molar-refractivity contribution in [3.63, 3.8) is 0 Å². The van der Waals surface area contributed by atoms with Gasteiger partial charge >= 0.3 is 12.2 Å². The Labute approximate surface area is 129 Å². The van der Waals surface area contributed by atoms with Gasteiger partial charge in [0.05, 0.1) is 0 Å². The zero-order chi connectivity index (χ0) is 16.0. The van der Waals surface area contributed by atoms with Crippen LogP contribution in [0.2, 0.25) is 0 Å². The van der Waals surface area contributed by atoms with Crippen LogP contribution in [0.4, 0.5) is 9.59 Å². The first kappa shape index (κ1) is 16.1.